The number of benzene rings is 1. The van der Waals surface area contributed by atoms with Crippen molar-refractivity contribution in [2.75, 3.05) is 13.2 Å². The molecular weight excluding hydrogens is 245 g/mol. The van der Waals surface area contributed by atoms with Crippen LogP contribution >= 0.6 is 12.4 Å². The molecule has 0 saturated carbocycles. The summed E-state index contributed by atoms with van der Waals surface area (Å²) in [5.41, 5.74) is 6.15. The van der Waals surface area contributed by atoms with Gasteiger partial charge >= 0.3 is 0 Å². The van der Waals surface area contributed by atoms with Crippen molar-refractivity contribution in [3.63, 3.8) is 0 Å². The molecule has 2 atom stereocenters. The average Bonchev–Trinajstić information content (AvgIpc) is 2.73. The second kappa shape index (κ2) is 6.19. The van der Waals surface area contributed by atoms with Crippen molar-refractivity contribution in [2.24, 2.45) is 5.73 Å². The smallest absolute Gasteiger partial charge is 0.128 e. The monoisotopic (exact) mass is 261 g/mol. The van der Waals surface area contributed by atoms with Crippen molar-refractivity contribution in [3.8, 4) is 5.75 Å². The van der Waals surface area contributed by atoms with Crippen LogP contribution in [0, 0.1) is 5.82 Å². The third kappa shape index (κ3) is 3.56. The molecule has 5 heteroatoms. The number of hydrogen-bond donors (Lipinski definition) is 1. The molecule has 1 aliphatic heterocycles. The van der Waals surface area contributed by atoms with E-state index >= 15 is 0 Å². The average molecular weight is 262 g/mol. The fraction of sp³-hybridized carbons (Fsp3) is 0.500. The molecule has 1 aromatic carbocycles. The Morgan fingerprint density at radius 1 is 1.53 bits per heavy atom. The summed E-state index contributed by atoms with van der Waals surface area (Å²) in [5.74, 6) is 0.370. The van der Waals surface area contributed by atoms with Crippen LogP contribution in [0.2, 0.25) is 0 Å². The molecule has 0 spiro atoms. The van der Waals surface area contributed by atoms with Gasteiger partial charge in [0.2, 0.25) is 0 Å². The Morgan fingerprint density at radius 3 is 2.88 bits per heavy atom. The Morgan fingerprint density at radius 2 is 2.29 bits per heavy atom. The van der Waals surface area contributed by atoms with Crippen molar-refractivity contribution in [2.45, 2.75) is 25.5 Å². The largest absolute Gasteiger partial charge is 0.488 e. The fourth-order valence-electron chi connectivity index (χ4n) is 1.74. The van der Waals surface area contributed by atoms with Crippen LogP contribution in [0.5, 0.6) is 5.75 Å². The van der Waals surface area contributed by atoms with E-state index < -0.39 is 0 Å². The van der Waals surface area contributed by atoms with Gasteiger partial charge in [-0.2, -0.15) is 0 Å². The lowest BCUT2D eigenvalue weighted by Crippen LogP contribution is -2.16. The van der Waals surface area contributed by atoms with Gasteiger partial charge in [0.15, 0.2) is 0 Å². The molecule has 2 N–H and O–H groups in total. The minimum Gasteiger partial charge on any atom is -0.488 e. The first-order valence-electron chi connectivity index (χ1n) is 5.46. The lowest BCUT2D eigenvalue weighted by molar-refractivity contribution is 0.141. The van der Waals surface area contributed by atoms with E-state index in [1.165, 1.54) is 6.07 Å². The summed E-state index contributed by atoms with van der Waals surface area (Å²) >= 11 is 0. The van der Waals surface area contributed by atoms with Gasteiger partial charge in [-0.3, -0.25) is 0 Å². The molecule has 1 unspecified atom stereocenters. The molecule has 1 fully saturated rings. The van der Waals surface area contributed by atoms with Crippen molar-refractivity contribution in [3.05, 3.63) is 29.6 Å². The molecule has 96 valence electrons. The molecule has 2 rings (SSSR count). The first-order valence-corrected chi connectivity index (χ1v) is 5.46. The molecule has 1 heterocycles. The van der Waals surface area contributed by atoms with Gasteiger partial charge < -0.3 is 15.2 Å². The van der Waals surface area contributed by atoms with Crippen LogP contribution in [0.4, 0.5) is 4.39 Å². The summed E-state index contributed by atoms with van der Waals surface area (Å²) < 4.78 is 24.3. The number of hydrogen-bond acceptors (Lipinski definition) is 3. The van der Waals surface area contributed by atoms with E-state index in [-0.39, 0.29) is 30.4 Å². The highest BCUT2D eigenvalue weighted by Crippen LogP contribution is 2.23. The molecule has 0 aromatic heterocycles. The first-order chi connectivity index (χ1) is 7.66. The maximum absolute atomic E-state index is 13.4. The quantitative estimate of drug-likeness (QED) is 0.909. The second-order valence-corrected chi connectivity index (χ2v) is 4.08. The molecule has 1 saturated heterocycles. The van der Waals surface area contributed by atoms with Gasteiger partial charge in [-0.1, -0.05) is 0 Å². The van der Waals surface area contributed by atoms with Gasteiger partial charge in [0.25, 0.3) is 0 Å². The predicted octanol–water partition coefficient (Wildman–Crippen LogP) is 2.43. The van der Waals surface area contributed by atoms with E-state index in [0.717, 1.165) is 13.0 Å². The van der Waals surface area contributed by atoms with Crippen LogP contribution < -0.4 is 10.5 Å². The maximum Gasteiger partial charge on any atom is 0.128 e. The molecule has 0 radical (unpaired) electrons. The molecule has 0 aliphatic carbocycles. The van der Waals surface area contributed by atoms with Gasteiger partial charge in [0.05, 0.1) is 13.2 Å². The van der Waals surface area contributed by atoms with Crippen molar-refractivity contribution < 1.29 is 13.9 Å². The summed E-state index contributed by atoms with van der Waals surface area (Å²) in [7, 11) is 0. The van der Waals surface area contributed by atoms with Crippen LogP contribution in [0.15, 0.2) is 18.2 Å². The third-order valence-electron chi connectivity index (χ3n) is 2.65. The Balaban J connectivity index is 0.00000144. The van der Waals surface area contributed by atoms with Gasteiger partial charge in [-0.15, -0.1) is 12.4 Å². The van der Waals surface area contributed by atoms with Gasteiger partial charge in [0, 0.05) is 18.0 Å². The normalized spacial score (nSPS) is 20.8. The number of rotatable bonds is 3. The lowest BCUT2D eigenvalue weighted by atomic mass is 10.1. The summed E-state index contributed by atoms with van der Waals surface area (Å²) in [6.07, 6.45) is 0.955. The zero-order valence-electron chi connectivity index (χ0n) is 9.69. The number of halogens is 2. The standard InChI is InChI=1S/C12H16FNO2.ClH/c1-8(14)11-6-9(2-3-12(11)13)16-10-4-5-15-7-10;/h2-3,6,8,10H,4-5,7,14H2,1H3;1H/t8?,10-;/m1./s1. The van der Waals surface area contributed by atoms with E-state index in [4.69, 9.17) is 15.2 Å². The Labute approximate surface area is 107 Å². The lowest BCUT2D eigenvalue weighted by Gasteiger charge is -2.14. The van der Waals surface area contributed by atoms with Crippen LogP contribution in [0.25, 0.3) is 0 Å². The zero-order chi connectivity index (χ0) is 11.5. The molecule has 3 nitrogen and oxygen atoms in total. The Hall–Kier alpha value is -0.840. The Kier molecular flexibility index (Phi) is 5.18. The summed E-state index contributed by atoms with van der Waals surface area (Å²) in [5, 5.41) is 0. The molecular formula is C12H17ClFNO2. The van der Waals surface area contributed by atoms with Gasteiger partial charge in [-0.25, -0.2) is 4.39 Å². The number of ether oxygens (including phenoxy) is 2. The fourth-order valence-corrected chi connectivity index (χ4v) is 1.74. The van der Waals surface area contributed by atoms with Gasteiger partial charge in [0.1, 0.15) is 17.7 Å². The van der Waals surface area contributed by atoms with E-state index in [9.17, 15) is 4.39 Å². The SMILES string of the molecule is CC(N)c1cc(O[C@@H]2CCOC2)ccc1F.Cl. The maximum atomic E-state index is 13.4. The van der Waals surface area contributed by atoms with Crippen LogP contribution in [-0.2, 0) is 4.74 Å². The second-order valence-electron chi connectivity index (χ2n) is 4.08. The Bertz CT molecular complexity index is 368. The molecule has 1 aromatic rings. The summed E-state index contributed by atoms with van der Waals surface area (Å²) in [4.78, 5) is 0. The van der Waals surface area contributed by atoms with E-state index in [1.54, 1.807) is 19.1 Å². The minimum absolute atomic E-state index is 0. The molecule has 0 amide bonds. The zero-order valence-corrected chi connectivity index (χ0v) is 10.5. The van der Waals surface area contributed by atoms with E-state index in [1.807, 2.05) is 0 Å². The van der Waals surface area contributed by atoms with Crippen LogP contribution in [0.3, 0.4) is 0 Å². The van der Waals surface area contributed by atoms with Crippen LogP contribution in [0.1, 0.15) is 24.9 Å². The third-order valence-corrected chi connectivity index (χ3v) is 2.65. The molecule has 1 aliphatic rings. The summed E-state index contributed by atoms with van der Waals surface area (Å²) in [6.45, 7) is 3.08. The molecule has 17 heavy (non-hydrogen) atoms. The first kappa shape index (κ1) is 14.2. The minimum atomic E-state index is -0.330. The highest BCUT2D eigenvalue weighted by Gasteiger charge is 2.18. The summed E-state index contributed by atoms with van der Waals surface area (Å²) in [6, 6.07) is 4.35. The van der Waals surface area contributed by atoms with Crippen LogP contribution in [-0.4, -0.2) is 19.3 Å². The van der Waals surface area contributed by atoms with Crippen molar-refractivity contribution in [1.29, 1.82) is 0 Å². The number of nitrogens with two attached hydrogens (primary N) is 1. The van der Waals surface area contributed by atoms with Gasteiger partial charge in [-0.05, 0) is 25.1 Å². The van der Waals surface area contributed by atoms with E-state index in [2.05, 4.69) is 0 Å². The highest BCUT2D eigenvalue weighted by atomic mass is 35.5. The topological polar surface area (TPSA) is 44.5 Å². The predicted molar refractivity (Wildman–Crippen MR) is 66.1 cm³/mol. The highest BCUT2D eigenvalue weighted by molar-refractivity contribution is 5.85. The molecule has 0 bridgehead atoms. The van der Waals surface area contributed by atoms with Crippen molar-refractivity contribution >= 4 is 12.4 Å². The van der Waals surface area contributed by atoms with Crippen molar-refractivity contribution in [1.82, 2.24) is 0 Å². The van der Waals surface area contributed by atoms with E-state index in [0.29, 0.717) is 17.9 Å².